The predicted molar refractivity (Wildman–Crippen MR) is 102 cm³/mol. The predicted octanol–water partition coefficient (Wildman–Crippen LogP) is 3.61. The highest BCUT2D eigenvalue weighted by Crippen LogP contribution is 2.32. The van der Waals surface area contributed by atoms with Crippen LogP contribution < -0.4 is 15.0 Å². The fraction of sp³-hybridized carbons (Fsp3) is 0.333. The molecule has 3 rings (SSSR count). The van der Waals surface area contributed by atoms with E-state index in [0.29, 0.717) is 24.6 Å². The van der Waals surface area contributed by atoms with Gasteiger partial charge in [-0.2, -0.15) is 5.26 Å². The van der Waals surface area contributed by atoms with Crippen molar-refractivity contribution in [3.05, 3.63) is 54.1 Å². The number of hydrogen-bond acceptors (Lipinski definition) is 4. The molecular formula is C21H23N3O2. The second kappa shape index (κ2) is 7.92. The summed E-state index contributed by atoms with van der Waals surface area (Å²) in [5.41, 5.74) is 2.87. The number of carbonyl (C=O) groups is 1. The van der Waals surface area contributed by atoms with Crippen LogP contribution in [0.1, 0.15) is 19.4 Å². The first-order valence-corrected chi connectivity index (χ1v) is 8.83. The molecule has 0 saturated heterocycles. The van der Waals surface area contributed by atoms with Gasteiger partial charge in [0.15, 0.2) is 6.61 Å². The standard InChI is InChI=1S/C21H23N3O2/c1-15(2)19-14-24(20-6-4-3-5-18(20)23-19)21(25)13-16-7-9-17(10-8-16)26-12-11-22/h3-10,15,19,23H,12-14H2,1-2H3/t19-/m1/s1. The van der Waals surface area contributed by atoms with Crippen LogP contribution in [0.15, 0.2) is 48.5 Å². The van der Waals surface area contributed by atoms with Gasteiger partial charge in [-0.25, -0.2) is 0 Å². The molecule has 0 aromatic heterocycles. The van der Waals surface area contributed by atoms with Crippen LogP contribution in [0, 0.1) is 17.2 Å². The maximum Gasteiger partial charge on any atom is 0.231 e. The van der Waals surface area contributed by atoms with E-state index < -0.39 is 0 Å². The van der Waals surface area contributed by atoms with Crippen LogP contribution in [0.5, 0.6) is 5.75 Å². The third kappa shape index (κ3) is 3.97. The second-order valence-corrected chi connectivity index (χ2v) is 6.78. The normalized spacial score (nSPS) is 15.8. The maximum absolute atomic E-state index is 13.0. The number of anilines is 2. The molecule has 26 heavy (non-hydrogen) atoms. The second-order valence-electron chi connectivity index (χ2n) is 6.78. The van der Waals surface area contributed by atoms with Crippen LogP contribution in [0.25, 0.3) is 0 Å². The number of para-hydroxylation sites is 2. The summed E-state index contributed by atoms with van der Waals surface area (Å²) in [6.07, 6.45) is 0.331. The van der Waals surface area contributed by atoms with Gasteiger partial charge < -0.3 is 15.0 Å². The Labute approximate surface area is 154 Å². The number of amides is 1. The van der Waals surface area contributed by atoms with Crippen LogP contribution in [-0.4, -0.2) is 25.1 Å². The minimum Gasteiger partial charge on any atom is -0.479 e. The Morgan fingerprint density at radius 1 is 1.27 bits per heavy atom. The van der Waals surface area contributed by atoms with Crippen LogP contribution in [0.2, 0.25) is 0 Å². The summed E-state index contributed by atoms with van der Waals surface area (Å²) < 4.78 is 5.25. The van der Waals surface area contributed by atoms with E-state index in [1.54, 1.807) is 12.1 Å². The molecule has 0 radical (unpaired) electrons. The van der Waals surface area contributed by atoms with Gasteiger partial charge in [0.1, 0.15) is 11.8 Å². The summed E-state index contributed by atoms with van der Waals surface area (Å²) in [4.78, 5) is 14.9. The SMILES string of the molecule is CC(C)[C@H]1CN(C(=O)Cc2ccc(OCC#N)cc2)c2ccccc2N1. The van der Waals surface area contributed by atoms with Gasteiger partial charge in [-0.3, -0.25) is 4.79 Å². The molecule has 0 bridgehead atoms. The topological polar surface area (TPSA) is 65.4 Å². The number of hydrogen-bond donors (Lipinski definition) is 1. The molecular weight excluding hydrogens is 326 g/mol. The van der Waals surface area contributed by atoms with E-state index >= 15 is 0 Å². The molecule has 5 nitrogen and oxygen atoms in total. The Hall–Kier alpha value is -3.00. The fourth-order valence-electron chi connectivity index (χ4n) is 3.07. The molecule has 2 aromatic carbocycles. The van der Waals surface area contributed by atoms with Crippen molar-refractivity contribution < 1.29 is 9.53 Å². The fourth-order valence-corrected chi connectivity index (χ4v) is 3.07. The average molecular weight is 349 g/mol. The zero-order chi connectivity index (χ0) is 18.5. The Morgan fingerprint density at radius 3 is 2.69 bits per heavy atom. The van der Waals surface area contributed by atoms with Gasteiger partial charge in [0, 0.05) is 12.6 Å². The van der Waals surface area contributed by atoms with Gasteiger partial charge in [-0.15, -0.1) is 0 Å². The maximum atomic E-state index is 13.0. The molecule has 1 atom stereocenters. The first-order chi connectivity index (χ1) is 12.6. The van der Waals surface area contributed by atoms with Crippen molar-refractivity contribution in [1.82, 2.24) is 0 Å². The zero-order valence-corrected chi connectivity index (χ0v) is 15.1. The Balaban J connectivity index is 1.75. The van der Waals surface area contributed by atoms with E-state index in [2.05, 4.69) is 19.2 Å². The zero-order valence-electron chi connectivity index (χ0n) is 15.1. The highest BCUT2D eigenvalue weighted by atomic mass is 16.5. The number of nitrogens with one attached hydrogen (secondary N) is 1. The Morgan fingerprint density at radius 2 is 2.00 bits per heavy atom. The highest BCUT2D eigenvalue weighted by Gasteiger charge is 2.29. The molecule has 1 heterocycles. The average Bonchev–Trinajstić information content (AvgIpc) is 2.66. The third-order valence-corrected chi connectivity index (χ3v) is 4.60. The summed E-state index contributed by atoms with van der Waals surface area (Å²) in [5.74, 6) is 1.14. The summed E-state index contributed by atoms with van der Waals surface area (Å²) in [6.45, 7) is 5.01. The highest BCUT2D eigenvalue weighted by molar-refractivity contribution is 5.98. The molecule has 2 aromatic rings. The molecule has 1 aliphatic heterocycles. The van der Waals surface area contributed by atoms with Crippen LogP contribution >= 0.6 is 0 Å². The minimum atomic E-state index is 0.0203. The van der Waals surface area contributed by atoms with Gasteiger partial charge in [-0.05, 0) is 35.7 Å². The number of rotatable bonds is 5. The Kier molecular flexibility index (Phi) is 5.43. The van der Waals surface area contributed by atoms with Crippen molar-refractivity contribution in [1.29, 1.82) is 5.26 Å². The van der Waals surface area contributed by atoms with Crippen molar-refractivity contribution in [2.75, 3.05) is 23.4 Å². The molecule has 0 unspecified atom stereocenters. The lowest BCUT2D eigenvalue weighted by atomic mass is 9.99. The molecule has 5 heteroatoms. The quantitative estimate of drug-likeness (QED) is 0.895. The summed E-state index contributed by atoms with van der Waals surface area (Å²) in [7, 11) is 0. The van der Waals surface area contributed by atoms with Crippen molar-refractivity contribution in [2.45, 2.75) is 26.3 Å². The van der Waals surface area contributed by atoms with Crippen molar-refractivity contribution >= 4 is 17.3 Å². The van der Waals surface area contributed by atoms with Gasteiger partial charge in [0.2, 0.25) is 5.91 Å². The van der Waals surface area contributed by atoms with E-state index in [0.717, 1.165) is 16.9 Å². The summed E-state index contributed by atoms with van der Waals surface area (Å²) >= 11 is 0. The van der Waals surface area contributed by atoms with Crippen molar-refractivity contribution in [2.24, 2.45) is 5.92 Å². The van der Waals surface area contributed by atoms with E-state index in [4.69, 9.17) is 10.00 Å². The summed E-state index contributed by atoms with van der Waals surface area (Å²) in [5, 5.41) is 12.1. The first-order valence-electron chi connectivity index (χ1n) is 8.83. The number of benzene rings is 2. The van der Waals surface area contributed by atoms with Crippen LogP contribution in [0.3, 0.4) is 0 Å². The summed E-state index contributed by atoms with van der Waals surface area (Å²) in [6, 6.07) is 17.4. The smallest absolute Gasteiger partial charge is 0.231 e. The first kappa shape index (κ1) is 17.8. The number of fused-ring (bicyclic) bond motifs is 1. The van der Waals surface area contributed by atoms with Gasteiger partial charge in [0.25, 0.3) is 0 Å². The molecule has 0 saturated carbocycles. The van der Waals surface area contributed by atoms with E-state index in [1.165, 1.54) is 0 Å². The number of nitrogens with zero attached hydrogens (tertiary/aromatic N) is 2. The number of carbonyl (C=O) groups excluding carboxylic acids is 1. The lowest BCUT2D eigenvalue weighted by Gasteiger charge is -2.37. The lowest BCUT2D eigenvalue weighted by molar-refractivity contribution is -0.118. The van der Waals surface area contributed by atoms with Crippen LogP contribution in [-0.2, 0) is 11.2 Å². The van der Waals surface area contributed by atoms with Crippen LogP contribution in [0.4, 0.5) is 11.4 Å². The molecule has 0 spiro atoms. The Bertz CT molecular complexity index is 809. The van der Waals surface area contributed by atoms with E-state index in [9.17, 15) is 4.79 Å². The number of nitriles is 1. The molecule has 1 amide bonds. The van der Waals surface area contributed by atoms with Gasteiger partial charge in [-0.1, -0.05) is 38.1 Å². The van der Waals surface area contributed by atoms with Crippen molar-refractivity contribution in [3.63, 3.8) is 0 Å². The molecule has 1 N–H and O–H groups in total. The molecule has 0 aliphatic carbocycles. The van der Waals surface area contributed by atoms with Gasteiger partial charge >= 0.3 is 0 Å². The van der Waals surface area contributed by atoms with Crippen molar-refractivity contribution in [3.8, 4) is 11.8 Å². The van der Waals surface area contributed by atoms with E-state index in [1.807, 2.05) is 47.4 Å². The largest absolute Gasteiger partial charge is 0.479 e. The molecule has 0 fully saturated rings. The lowest BCUT2D eigenvalue weighted by Crippen LogP contribution is -2.47. The third-order valence-electron chi connectivity index (χ3n) is 4.60. The minimum absolute atomic E-state index is 0.0203. The van der Waals surface area contributed by atoms with E-state index in [-0.39, 0.29) is 18.6 Å². The number of ether oxygens (including phenoxy) is 1. The van der Waals surface area contributed by atoms with Gasteiger partial charge in [0.05, 0.1) is 17.8 Å². The molecule has 134 valence electrons. The molecule has 1 aliphatic rings. The monoisotopic (exact) mass is 349 g/mol.